The summed E-state index contributed by atoms with van der Waals surface area (Å²) in [5.74, 6) is -1.18. The predicted molar refractivity (Wildman–Crippen MR) is 65.0 cm³/mol. The Morgan fingerprint density at radius 3 is 2.83 bits per heavy atom. The van der Waals surface area contributed by atoms with Gasteiger partial charge in [-0.25, -0.2) is 9.48 Å². The lowest BCUT2D eigenvalue weighted by molar-refractivity contribution is 0.0690. The van der Waals surface area contributed by atoms with Gasteiger partial charge in [-0.3, -0.25) is 0 Å². The van der Waals surface area contributed by atoms with Crippen LogP contribution < -0.4 is 0 Å². The molecule has 1 heterocycles. The summed E-state index contributed by atoms with van der Waals surface area (Å²) >= 11 is 5.90. The average molecular weight is 262 g/mol. The summed E-state index contributed by atoms with van der Waals surface area (Å²) in [7, 11) is 0. The highest BCUT2D eigenvalue weighted by molar-refractivity contribution is 6.33. The molecule has 0 bridgehead atoms. The van der Waals surface area contributed by atoms with Crippen LogP contribution in [0.3, 0.4) is 0 Å². The molecule has 1 aromatic carbocycles. The van der Waals surface area contributed by atoms with Crippen LogP contribution in [0.1, 0.15) is 21.7 Å². The van der Waals surface area contributed by atoms with Crippen LogP contribution in [0.4, 0.5) is 0 Å². The number of carbonyl (C=O) groups is 1. The highest BCUT2D eigenvalue weighted by Crippen LogP contribution is 2.23. The molecule has 0 radical (unpaired) electrons. The van der Waals surface area contributed by atoms with E-state index >= 15 is 0 Å². The van der Waals surface area contributed by atoms with Gasteiger partial charge < -0.3 is 5.11 Å². The largest absolute Gasteiger partial charge is 0.476 e. The van der Waals surface area contributed by atoms with E-state index < -0.39 is 5.97 Å². The van der Waals surface area contributed by atoms with Gasteiger partial charge in [0.25, 0.3) is 0 Å². The Balaban J connectivity index is 2.61. The van der Waals surface area contributed by atoms with E-state index in [0.29, 0.717) is 16.9 Å². The van der Waals surface area contributed by atoms with E-state index in [1.165, 1.54) is 4.68 Å². The van der Waals surface area contributed by atoms with Crippen molar-refractivity contribution in [3.05, 3.63) is 46.2 Å². The van der Waals surface area contributed by atoms with Crippen molar-refractivity contribution < 1.29 is 9.90 Å². The highest BCUT2D eigenvalue weighted by atomic mass is 35.5. The molecule has 1 N–H and O–H groups in total. The molecule has 5 nitrogen and oxygen atoms in total. The molecule has 0 atom stereocenters. The third kappa shape index (κ3) is 1.94. The first-order valence-electron chi connectivity index (χ1n) is 5.03. The third-order valence-electron chi connectivity index (χ3n) is 2.47. The fourth-order valence-corrected chi connectivity index (χ4v) is 1.78. The van der Waals surface area contributed by atoms with Gasteiger partial charge in [0.1, 0.15) is 0 Å². The number of benzene rings is 1. The van der Waals surface area contributed by atoms with Gasteiger partial charge in [0.2, 0.25) is 0 Å². The summed E-state index contributed by atoms with van der Waals surface area (Å²) in [5.41, 5.74) is 1.39. The molecule has 2 rings (SSSR count). The van der Waals surface area contributed by atoms with Crippen LogP contribution >= 0.6 is 11.6 Å². The van der Waals surface area contributed by atoms with Crippen molar-refractivity contribution in [2.24, 2.45) is 0 Å². The van der Waals surface area contributed by atoms with Crippen LogP contribution in [0.2, 0.25) is 5.02 Å². The molecule has 0 aliphatic heterocycles. The lowest BCUT2D eigenvalue weighted by atomic mass is 10.2. The molecule has 90 valence electrons. The van der Waals surface area contributed by atoms with Crippen LogP contribution in [0.5, 0.6) is 0 Å². The number of nitriles is 1. The molecule has 0 saturated heterocycles. The number of aromatic carboxylic acids is 1. The summed E-state index contributed by atoms with van der Waals surface area (Å²) in [4.78, 5) is 10.9. The predicted octanol–water partition coefficient (Wildman–Crippen LogP) is 2.40. The van der Waals surface area contributed by atoms with Crippen LogP contribution in [-0.4, -0.2) is 20.9 Å². The number of halogens is 1. The first-order valence-corrected chi connectivity index (χ1v) is 5.41. The number of hydrogen-bond acceptors (Lipinski definition) is 3. The van der Waals surface area contributed by atoms with E-state index in [2.05, 4.69) is 5.10 Å². The Labute approximate surface area is 108 Å². The maximum Gasteiger partial charge on any atom is 0.358 e. The van der Waals surface area contributed by atoms with Gasteiger partial charge >= 0.3 is 5.97 Å². The molecule has 0 aliphatic carbocycles. The Kier molecular flexibility index (Phi) is 3.04. The van der Waals surface area contributed by atoms with Crippen molar-refractivity contribution >= 4 is 17.6 Å². The Bertz CT molecular complexity index is 670. The normalized spacial score (nSPS) is 10.1. The van der Waals surface area contributed by atoms with Crippen molar-refractivity contribution in [2.45, 2.75) is 6.92 Å². The molecule has 6 heteroatoms. The molecule has 18 heavy (non-hydrogen) atoms. The maximum absolute atomic E-state index is 10.9. The second-order valence-corrected chi connectivity index (χ2v) is 4.01. The number of carboxylic acid groups (broad SMARTS) is 1. The van der Waals surface area contributed by atoms with Crippen LogP contribution in [0.15, 0.2) is 24.3 Å². The standard InChI is InChI=1S/C12H8ClN3O2/c1-7-10(13)11(12(17)18)15-16(7)9-4-2-3-8(5-9)6-14/h2-5H,1H3,(H,17,18). The molecule has 0 fully saturated rings. The molecule has 0 aliphatic rings. The van der Waals surface area contributed by atoms with E-state index in [1.54, 1.807) is 31.2 Å². The second kappa shape index (κ2) is 4.51. The molecule has 0 unspecified atom stereocenters. The first kappa shape index (κ1) is 12.1. The quantitative estimate of drug-likeness (QED) is 0.900. The second-order valence-electron chi connectivity index (χ2n) is 3.63. The minimum atomic E-state index is -1.18. The zero-order valence-electron chi connectivity index (χ0n) is 9.38. The monoisotopic (exact) mass is 261 g/mol. The van der Waals surface area contributed by atoms with Gasteiger partial charge in [-0.1, -0.05) is 17.7 Å². The maximum atomic E-state index is 10.9. The number of rotatable bonds is 2. The van der Waals surface area contributed by atoms with Gasteiger partial charge in [0, 0.05) is 0 Å². The summed E-state index contributed by atoms with van der Waals surface area (Å²) < 4.78 is 1.41. The van der Waals surface area contributed by atoms with E-state index in [9.17, 15) is 4.79 Å². The van der Waals surface area contributed by atoms with Gasteiger partial charge in [0.15, 0.2) is 5.69 Å². The third-order valence-corrected chi connectivity index (χ3v) is 2.92. The van der Waals surface area contributed by atoms with Gasteiger partial charge in [-0.15, -0.1) is 0 Å². The summed E-state index contributed by atoms with van der Waals surface area (Å²) in [6.45, 7) is 1.67. The number of carboxylic acids is 1. The Morgan fingerprint density at radius 2 is 2.28 bits per heavy atom. The number of nitrogens with zero attached hydrogens (tertiary/aromatic N) is 3. The minimum absolute atomic E-state index is 0.102. The van der Waals surface area contributed by atoms with E-state index in [1.807, 2.05) is 6.07 Å². The Hall–Kier alpha value is -2.32. The summed E-state index contributed by atoms with van der Waals surface area (Å²) in [6, 6.07) is 8.70. The van der Waals surface area contributed by atoms with Gasteiger partial charge in [-0.2, -0.15) is 10.4 Å². The molecule has 2 aromatic rings. The van der Waals surface area contributed by atoms with Crippen molar-refractivity contribution in [1.82, 2.24) is 9.78 Å². The van der Waals surface area contributed by atoms with E-state index in [0.717, 1.165) is 0 Å². The van der Waals surface area contributed by atoms with Crippen molar-refractivity contribution in [1.29, 1.82) is 5.26 Å². The lowest BCUT2D eigenvalue weighted by Gasteiger charge is -2.03. The van der Waals surface area contributed by atoms with Gasteiger partial charge in [-0.05, 0) is 25.1 Å². The highest BCUT2D eigenvalue weighted by Gasteiger charge is 2.19. The summed E-state index contributed by atoms with van der Waals surface area (Å²) in [6.07, 6.45) is 0. The van der Waals surface area contributed by atoms with E-state index in [-0.39, 0.29) is 10.7 Å². The molecular formula is C12H8ClN3O2. The molecule has 0 saturated carbocycles. The van der Waals surface area contributed by atoms with Gasteiger partial charge in [0.05, 0.1) is 28.0 Å². The van der Waals surface area contributed by atoms with Crippen molar-refractivity contribution in [3.8, 4) is 11.8 Å². The molecular weight excluding hydrogens is 254 g/mol. The van der Waals surface area contributed by atoms with Crippen LogP contribution in [0, 0.1) is 18.3 Å². The smallest absolute Gasteiger partial charge is 0.358 e. The molecule has 0 spiro atoms. The topological polar surface area (TPSA) is 78.9 Å². The number of aromatic nitrogens is 2. The van der Waals surface area contributed by atoms with E-state index in [4.69, 9.17) is 22.0 Å². The lowest BCUT2D eigenvalue weighted by Crippen LogP contribution is -2.02. The van der Waals surface area contributed by atoms with Crippen molar-refractivity contribution in [3.63, 3.8) is 0 Å². The van der Waals surface area contributed by atoms with Crippen LogP contribution in [0.25, 0.3) is 5.69 Å². The minimum Gasteiger partial charge on any atom is -0.476 e. The Morgan fingerprint density at radius 1 is 1.56 bits per heavy atom. The zero-order valence-corrected chi connectivity index (χ0v) is 10.1. The van der Waals surface area contributed by atoms with Crippen LogP contribution in [-0.2, 0) is 0 Å². The SMILES string of the molecule is Cc1c(Cl)c(C(=O)O)nn1-c1cccc(C#N)c1. The fraction of sp³-hybridized carbons (Fsp3) is 0.0833. The van der Waals surface area contributed by atoms with Crippen molar-refractivity contribution in [2.75, 3.05) is 0 Å². The first-order chi connectivity index (χ1) is 8.54. The molecule has 1 aromatic heterocycles. The summed E-state index contributed by atoms with van der Waals surface area (Å²) in [5, 5.41) is 21.8. The average Bonchev–Trinajstić information content (AvgIpc) is 2.67. The fourth-order valence-electron chi connectivity index (χ4n) is 1.58. The molecule has 0 amide bonds. The zero-order chi connectivity index (χ0) is 13.3. The number of hydrogen-bond donors (Lipinski definition) is 1.